The minimum atomic E-state index is -1.38. The highest BCUT2D eigenvalue weighted by molar-refractivity contribution is 6.45. The first kappa shape index (κ1) is 14.7. The summed E-state index contributed by atoms with van der Waals surface area (Å²) < 4.78 is 28.0. The Hall–Kier alpha value is -1.20. The van der Waals surface area contributed by atoms with Crippen LogP contribution in [0.1, 0.15) is 25.7 Å². The molecule has 2 fully saturated rings. The predicted octanol–water partition coefficient (Wildman–Crippen LogP) is 3.66. The second kappa shape index (κ2) is 4.92. The number of hydrogen-bond donors (Lipinski definition) is 0. The lowest BCUT2D eigenvalue weighted by atomic mass is 9.80. The number of benzene rings is 1. The molecule has 0 radical (unpaired) electrons. The van der Waals surface area contributed by atoms with Crippen LogP contribution < -0.4 is 4.90 Å². The lowest BCUT2D eigenvalue weighted by Gasteiger charge is -2.28. The van der Waals surface area contributed by atoms with Crippen molar-refractivity contribution in [2.75, 3.05) is 4.90 Å². The van der Waals surface area contributed by atoms with Crippen LogP contribution in [-0.4, -0.2) is 16.7 Å². The largest absolute Gasteiger partial charge is 0.274 e. The predicted molar refractivity (Wildman–Crippen MR) is 74.4 cm³/mol. The molecule has 0 aromatic heterocycles. The van der Waals surface area contributed by atoms with Gasteiger partial charge in [0.1, 0.15) is 10.6 Å². The average Bonchev–Trinajstić information content (AvgIpc) is 2.59. The van der Waals surface area contributed by atoms with Crippen molar-refractivity contribution in [3.05, 3.63) is 28.8 Å². The highest BCUT2D eigenvalue weighted by Gasteiger charge is 2.60. The van der Waals surface area contributed by atoms with E-state index in [0.717, 1.165) is 18.6 Å². The van der Waals surface area contributed by atoms with Crippen molar-refractivity contribution in [2.45, 2.75) is 30.6 Å². The van der Waals surface area contributed by atoms with Crippen LogP contribution in [0.4, 0.5) is 14.5 Å². The Balaban J connectivity index is 2.12. The highest BCUT2D eigenvalue weighted by Crippen LogP contribution is 2.48. The third-order valence-corrected chi connectivity index (χ3v) is 4.95. The molecule has 3 nitrogen and oxygen atoms in total. The number of carbonyl (C=O) groups excluding carboxylic acids is 2. The lowest BCUT2D eigenvalue weighted by Crippen LogP contribution is -2.40. The molecule has 1 saturated heterocycles. The summed E-state index contributed by atoms with van der Waals surface area (Å²) in [4.78, 5) is 24.0. The van der Waals surface area contributed by atoms with Crippen LogP contribution in [0.2, 0.25) is 5.02 Å². The number of fused-ring (bicyclic) bond motifs is 1. The molecule has 21 heavy (non-hydrogen) atoms. The fourth-order valence-electron chi connectivity index (χ4n) is 3.11. The molecule has 0 spiro atoms. The molecule has 1 aromatic rings. The molecule has 0 bridgehead atoms. The van der Waals surface area contributed by atoms with Crippen LogP contribution in [0.25, 0.3) is 0 Å². The summed E-state index contributed by atoms with van der Waals surface area (Å²) in [5, 5.41) is -0.147. The van der Waals surface area contributed by atoms with Crippen molar-refractivity contribution >= 4 is 40.7 Å². The number of alkyl halides is 1. The van der Waals surface area contributed by atoms with Crippen LogP contribution in [0.15, 0.2) is 12.1 Å². The van der Waals surface area contributed by atoms with Crippen molar-refractivity contribution < 1.29 is 18.4 Å². The van der Waals surface area contributed by atoms with E-state index in [4.69, 9.17) is 23.2 Å². The number of hydrogen-bond acceptors (Lipinski definition) is 2. The molecule has 1 heterocycles. The van der Waals surface area contributed by atoms with Gasteiger partial charge in [-0.05, 0) is 25.0 Å². The van der Waals surface area contributed by atoms with Crippen LogP contribution in [0.3, 0.4) is 0 Å². The Kier molecular flexibility index (Phi) is 3.45. The number of imide groups is 1. The van der Waals surface area contributed by atoms with Crippen molar-refractivity contribution in [1.29, 1.82) is 0 Å². The molecule has 112 valence electrons. The van der Waals surface area contributed by atoms with E-state index in [-0.39, 0.29) is 5.02 Å². The first-order valence-corrected chi connectivity index (χ1v) is 7.33. The zero-order chi connectivity index (χ0) is 15.4. The molecule has 1 aliphatic heterocycles. The average molecular weight is 334 g/mol. The van der Waals surface area contributed by atoms with Gasteiger partial charge < -0.3 is 0 Å². The topological polar surface area (TPSA) is 37.4 Å². The van der Waals surface area contributed by atoms with Crippen LogP contribution in [-0.2, 0) is 9.59 Å². The van der Waals surface area contributed by atoms with E-state index in [1.54, 1.807) is 0 Å². The molecule has 2 amide bonds. The van der Waals surface area contributed by atoms with Gasteiger partial charge in [0.15, 0.2) is 11.6 Å². The van der Waals surface area contributed by atoms with E-state index >= 15 is 0 Å². The van der Waals surface area contributed by atoms with Crippen molar-refractivity contribution in [2.24, 2.45) is 5.92 Å². The summed E-state index contributed by atoms with van der Waals surface area (Å²) >= 11 is 11.9. The monoisotopic (exact) mass is 333 g/mol. The molecule has 2 atom stereocenters. The number of anilines is 1. The van der Waals surface area contributed by atoms with Crippen LogP contribution in [0, 0.1) is 17.6 Å². The highest BCUT2D eigenvalue weighted by atomic mass is 35.5. The van der Waals surface area contributed by atoms with E-state index in [2.05, 4.69) is 0 Å². The Morgan fingerprint density at radius 2 is 1.81 bits per heavy atom. The fraction of sp³-hybridized carbons (Fsp3) is 0.429. The van der Waals surface area contributed by atoms with Gasteiger partial charge in [-0.15, -0.1) is 11.6 Å². The lowest BCUT2D eigenvalue weighted by molar-refractivity contribution is -0.122. The Bertz CT molecular complexity index is 629. The summed E-state index contributed by atoms with van der Waals surface area (Å²) in [7, 11) is 0. The molecule has 2 unspecified atom stereocenters. The SMILES string of the molecule is O=C1C2CCCCC2(Cl)C(=O)N1c1c(F)cc(Cl)cc1F. The summed E-state index contributed by atoms with van der Waals surface area (Å²) in [6, 6.07) is 1.73. The maximum absolute atomic E-state index is 14.0. The Morgan fingerprint density at radius 3 is 2.38 bits per heavy atom. The van der Waals surface area contributed by atoms with Gasteiger partial charge >= 0.3 is 0 Å². The molecule has 1 aliphatic carbocycles. The molecule has 2 aliphatic rings. The van der Waals surface area contributed by atoms with Gasteiger partial charge in [-0.3, -0.25) is 9.59 Å². The summed E-state index contributed by atoms with van der Waals surface area (Å²) in [6.07, 6.45) is 2.24. The van der Waals surface area contributed by atoms with Gasteiger partial charge in [-0.1, -0.05) is 24.4 Å². The third-order valence-electron chi connectivity index (χ3n) is 4.12. The molecule has 1 saturated carbocycles. The van der Waals surface area contributed by atoms with E-state index in [1.807, 2.05) is 0 Å². The number of rotatable bonds is 1. The molecular weight excluding hydrogens is 323 g/mol. The Morgan fingerprint density at radius 1 is 1.19 bits per heavy atom. The number of nitrogens with zero attached hydrogens (tertiary/aromatic N) is 1. The summed E-state index contributed by atoms with van der Waals surface area (Å²) in [6.45, 7) is 0. The first-order valence-electron chi connectivity index (χ1n) is 6.58. The van der Waals surface area contributed by atoms with Crippen molar-refractivity contribution in [3.8, 4) is 0 Å². The summed E-state index contributed by atoms with van der Waals surface area (Å²) in [5.74, 6) is -4.23. The summed E-state index contributed by atoms with van der Waals surface area (Å²) in [5.41, 5.74) is -0.691. The minimum absolute atomic E-state index is 0.147. The van der Waals surface area contributed by atoms with Gasteiger partial charge in [0.05, 0.1) is 5.92 Å². The fourth-order valence-corrected chi connectivity index (χ4v) is 3.72. The molecule has 3 rings (SSSR count). The molecular formula is C14H11Cl2F2NO2. The van der Waals surface area contributed by atoms with E-state index < -0.39 is 39.9 Å². The first-order chi connectivity index (χ1) is 9.86. The zero-order valence-electron chi connectivity index (χ0n) is 10.8. The Labute approximate surface area is 129 Å². The standard InChI is InChI=1S/C14H11Cl2F2NO2/c15-7-5-9(17)11(10(18)6-7)19-12(20)8-3-1-2-4-14(8,16)13(19)21/h5-6,8H,1-4H2. The van der Waals surface area contributed by atoms with Crippen LogP contribution in [0.5, 0.6) is 0 Å². The second-order valence-electron chi connectivity index (χ2n) is 5.36. The molecule has 0 N–H and O–H groups in total. The van der Waals surface area contributed by atoms with E-state index in [0.29, 0.717) is 24.2 Å². The minimum Gasteiger partial charge on any atom is -0.274 e. The molecule has 7 heteroatoms. The number of amides is 2. The smallest absolute Gasteiger partial charge is 0.255 e. The van der Waals surface area contributed by atoms with Gasteiger partial charge in [0.25, 0.3) is 5.91 Å². The van der Waals surface area contributed by atoms with Gasteiger partial charge in [-0.2, -0.15) is 0 Å². The van der Waals surface area contributed by atoms with Crippen LogP contribution >= 0.6 is 23.2 Å². The third kappa shape index (κ3) is 2.06. The second-order valence-corrected chi connectivity index (χ2v) is 6.47. The zero-order valence-corrected chi connectivity index (χ0v) is 12.3. The van der Waals surface area contributed by atoms with E-state index in [1.165, 1.54) is 0 Å². The van der Waals surface area contributed by atoms with Gasteiger partial charge in [-0.25, -0.2) is 13.7 Å². The normalized spacial score (nSPS) is 29.0. The van der Waals surface area contributed by atoms with Crippen molar-refractivity contribution in [3.63, 3.8) is 0 Å². The maximum atomic E-state index is 14.0. The van der Waals surface area contributed by atoms with Gasteiger partial charge in [0.2, 0.25) is 5.91 Å². The van der Waals surface area contributed by atoms with E-state index in [9.17, 15) is 18.4 Å². The molecule has 1 aromatic carbocycles. The van der Waals surface area contributed by atoms with Crippen molar-refractivity contribution in [1.82, 2.24) is 0 Å². The maximum Gasteiger partial charge on any atom is 0.255 e. The number of halogens is 4. The number of carbonyl (C=O) groups is 2. The quantitative estimate of drug-likeness (QED) is 0.581. The van der Waals surface area contributed by atoms with Gasteiger partial charge in [0, 0.05) is 5.02 Å².